The molecule has 0 atom stereocenters. The first-order chi connectivity index (χ1) is 15.3. The topological polar surface area (TPSA) is 80.9 Å². The molecule has 0 spiro atoms. The van der Waals surface area contributed by atoms with E-state index in [0.717, 1.165) is 42.4 Å². The number of pyridine rings is 1. The second kappa shape index (κ2) is 15.3. The van der Waals surface area contributed by atoms with Crippen LogP contribution in [-0.2, 0) is 24.5 Å². The minimum atomic E-state index is 0. The molecule has 0 aliphatic carbocycles. The van der Waals surface area contributed by atoms with Gasteiger partial charge >= 0.3 is 0 Å². The number of benzene rings is 1. The predicted octanol–water partition coefficient (Wildman–Crippen LogP) is 4.53. The van der Waals surface area contributed by atoms with Crippen LogP contribution in [0.4, 0.5) is 0 Å². The molecule has 3 rings (SSSR count). The van der Waals surface area contributed by atoms with Crippen molar-refractivity contribution in [2.75, 3.05) is 19.7 Å². The van der Waals surface area contributed by atoms with Crippen molar-refractivity contribution < 1.29 is 13.9 Å². The van der Waals surface area contributed by atoms with Crippen molar-refractivity contribution in [1.29, 1.82) is 0 Å². The van der Waals surface area contributed by atoms with Crippen molar-refractivity contribution in [2.24, 2.45) is 4.99 Å². The molecule has 0 radical (unpaired) electrons. The first-order valence-electron chi connectivity index (χ1n) is 10.6. The van der Waals surface area contributed by atoms with E-state index in [9.17, 15) is 0 Å². The number of guanidine groups is 1. The Balaban J connectivity index is 0.00000363. The number of aromatic nitrogens is 1. The molecular formula is C24H31IN4O3. The molecule has 0 saturated heterocycles. The molecule has 172 valence electrons. The first-order valence-corrected chi connectivity index (χ1v) is 10.6. The number of nitrogens with zero attached hydrogens (tertiary/aromatic N) is 2. The van der Waals surface area contributed by atoms with Gasteiger partial charge in [0.1, 0.15) is 19.0 Å². The zero-order valence-corrected chi connectivity index (χ0v) is 20.7. The van der Waals surface area contributed by atoms with Crippen molar-refractivity contribution >= 4 is 29.9 Å². The molecule has 2 heterocycles. The van der Waals surface area contributed by atoms with Gasteiger partial charge in [0, 0.05) is 32.0 Å². The molecule has 0 fully saturated rings. The minimum Gasteiger partial charge on any atom is -0.473 e. The molecule has 0 aliphatic heterocycles. The van der Waals surface area contributed by atoms with Crippen LogP contribution in [0.25, 0.3) is 0 Å². The number of nitrogens with one attached hydrogen (secondary N) is 2. The maximum absolute atomic E-state index is 5.80. The number of hydrogen-bond acceptors (Lipinski definition) is 5. The van der Waals surface area contributed by atoms with E-state index in [2.05, 4.69) is 20.6 Å². The lowest BCUT2D eigenvalue weighted by Crippen LogP contribution is -2.38. The third-order valence-corrected chi connectivity index (χ3v) is 4.38. The van der Waals surface area contributed by atoms with Crippen LogP contribution in [0.1, 0.15) is 30.2 Å². The van der Waals surface area contributed by atoms with Gasteiger partial charge in [-0.15, -0.1) is 24.0 Å². The predicted molar refractivity (Wildman–Crippen MR) is 136 cm³/mol. The van der Waals surface area contributed by atoms with Crippen LogP contribution in [0.2, 0.25) is 0 Å². The quantitative estimate of drug-likeness (QED) is 0.149. The summed E-state index contributed by atoms with van der Waals surface area (Å²) in [6, 6.07) is 17.7. The highest BCUT2D eigenvalue weighted by Gasteiger charge is 2.02. The van der Waals surface area contributed by atoms with Gasteiger partial charge in [-0.3, -0.25) is 0 Å². The van der Waals surface area contributed by atoms with Crippen LogP contribution in [-0.4, -0.2) is 30.6 Å². The largest absolute Gasteiger partial charge is 0.473 e. The van der Waals surface area contributed by atoms with Gasteiger partial charge in [-0.25, -0.2) is 9.98 Å². The molecule has 7 nitrogen and oxygen atoms in total. The summed E-state index contributed by atoms with van der Waals surface area (Å²) in [4.78, 5) is 8.95. The van der Waals surface area contributed by atoms with E-state index >= 15 is 0 Å². The fourth-order valence-corrected chi connectivity index (χ4v) is 2.82. The summed E-state index contributed by atoms with van der Waals surface area (Å²) in [7, 11) is 0. The SMILES string of the molecule is CCNC(=NCc1ccnc(OCc2ccccc2)c1)NCCCOCc1ccco1.I. The minimum absolute atomic E-state index is 0. The average molecular weight is 550 g/mol. The maximum atomic E-state index is 5.80. The zero-order valence-electron chi connectivity index (χ0n) is 18.3. The smallest absolute Gasteiger partial charge is 0.213 e. The number of aliphatic imine (C=N–C) groups is 1. The van der Waals surface area contributed by atoms with E-state index in [-0.39, 0.29) is 24.0 Å². The molecule has 3 aromatic rings. The molecule has 8 heteroatoms. The van der Waals surface area contributed by atoms with E-state index in [1.807, 2.05) is 61.5 Å². The highest BCUT2D eigenvalue weighted by Crippen LogP contribution is 2.12. The Morgan fingerprint density at radius 2 is 1.91 bits per heavy atom. The second-order valence-electron chi connectivity index (χ2n) is 6.88. The van der Waals surface area contributed by atoms with Crippen LogP contribution in [0.15, 0.2) is 76.5 Å². The molecule has 1 aromatic carbocycles. The normalized spacial score (nSPS) is 11.0. The van der Waals surface area contributed by atoms with E-state index in [0.29, 0.717) is 32.2 Å². The van der Waals surface area contributed by atoms with Crippen molar-refractivity contribution in [2.45, 2.75) is 33.1 Å². The number of halogens is 1. The van der Waals surface area contributed by atoms with Crippen molar-refractivity contribution in [3.05, 3.63) is 83.9 Å². The third kappa shape index (κ3) is 9.69. The monoisotopic (exact) mass is 550 g/mol. The van der Waals surface area contributed by atoms with Gasteiger partial charge in [0.15, 0.2) is 5.96 Å². The molecule has 32 heavy (non-hydrogen) atoms. The van der Waals surface area contributed by atoms with Crippen LogP contribution in [0.5, 0.6) is 5.88 Å². The molecule has 0 amide bonds. The van der Waals surface area contributed by atoms with Crippen LogP contribution < -0.4 is 15.4 Å². The third-order valence-electron chi connectivity index (χ3n) is 4.38. The van der Waals surface area contributed by atoms with E-state index < -0.39 is 0 Å². The summed E-state index contributed by atoms with van der Waals surface area (Å²) in [6.07, 6.45) is 4.28. The van der Waals surface area contributed by atoms with Gasteiger partial charge in [-0.1, -0.05) is 30.3 Å². The van der Waals surface area contributed by atoms with Crippen LogP contribution in [0.3, 0.4) is 0 Å². The van der Waals surface area contributed by atoms with E-state index in [1.165, 1.54) is 0 Å². The Morgan fingerprint density at radius 3 is 2.69 bits per heavy atom. The molecule has 0 bridgehead atoms. The standard InChI is InChI=1S/C24H30N4O3.HI/c1-2-25-24(27-12-7-14-29-19-22-10-6-15-30-22)28-17-21-11-13-26-23(16-21)31-18-20-8-4-3-5-9-20;/h3-6,8-11,13,15-16H,2,7,12,14,17-19H2,1H3,(H2,25,27,28);1H. The highest BCUT2D eigenvalue weighted by molar-refractivity contribution is 14.0. The molecular weight excluding hydrogens is 519 g/mol. The first kappa shape index (κ1) is 25.7. The maximum Gasteiger partial charge on any atom is 0.213 e. The summed E-state index contributed by atoms with van der Waals surface area (Å²) in [6.45, 7) is 5.79. The summed E-state index contributed by atoms with van der Waals surface area (Å²) in [5.41, 5.74) is 2.15. The van der Waals surface area contributed by atoms with Gasteiger partial charge in [-0.2, -0.15) is 0 Å². The molecule has 0 aliphatic rings. The zero-order chi connectivity index (χ0) is 21.6. The Kier molecular flexibility index (Phi) is 12.2. The fraction of sp³-hybridized carbons (Fsp3) is 0.333. The Hall–Kier alpha value is -2.59. The van der Waals surface area contributed by atoms with Gasteiger partial charge < -0.3 is 24.5 Å². The molecule has 0 saturated carbocycles. The highest BCUT2D eigenvalue weighted by atomic mass is 127. The second-order valence-corrected chi connectivity index (χ2v) is 6.88. The van der Waals surface area contributed by atoms with E-state index in [4.69, 9.17) is 13.9 Å². The van der Waals surface area contributed by atoms with Gasteiger partial charge in [0.2, 0.25) is 5.88 Å². The molecule has 0 unspecified atom stereocenters. The molecule has 2 N–H and O–H groups in total. The van der Waals surface area contributed by atoms with E-state index in [1.54, 1.807) is 12.5 Å². The summed E-state index contributed by atoms with van der Waals surface area (Å²) >= 11 is 0. The summed E-state index contributed by atoms with van der Waals surface area (Å²) in [5, 5.41) is 6.60. The van der Waals surface area contributed by atoms with Crippen molar-refractivity contribution in [1.82, 2.24) is 15.6 Å². The van der Waals surface area contributed by atoms with Crippen molar-refractivity contribution in [3.63, 3.8) is 0 Å². The van der Waals surface area contributed by atoms with Crippen LogP contribution >= 0.6 is 24.0 Å². The van der Waals surface area contributed by atoms with Gasteiger partial charge in [0.25, 0.3) is 0 Å². The average Bonchev–Trinajstić information content (AvgIpc) is 3.33. The van der Waals surface area contributed by atoms with Crippen LogP contribution in [0, 0.1) is 0 Å². The number of ether oxygens (including phenoxy) is 2. The molecule has 2 aromatic heterocycles. The Bertz CT molecular complexity index is 905. The summed E-state index contributed by atoms with van der Waals surface area (Å²) < 4.78 is 16.7. The Morgan fingerprint density at radius 1 is 1.03 bits per heavy atom. The van der Waals surface area contributed by atoms with Gasteiger partial charge in [0.05, 0.1) is 12.8 Å². The Labute approximate surface area is 206 Å². The number of furan rings is 1. The fourth-order valence-electron chi connectivity index (χ4n) is 2.82. The number of hydrogen-bond donors (Lipinski definition) is 2. The lowest BCUT2D eigenvalue weighted by atomic mass is 10.2. The number of rotatable bonds is 12. The summed E-state index contributed by atoms with van der Waals surface area (Å²) in [5.74, 6) is 2.22. The lowest BCUT2D eigenvalue weighted by Gasteiger charge is -2.11. The van der Waals surface area contributed by atoms with Crippen molar-refractivity contribution in [3.8, 4) is 5.88 Å². The lowest BCUT2D eigenvalue weighted by molar-refractivity contribution is 0.105. The van der Waals surface area contributed by atoms with Gasteiger partial charge in [-0.05, 0) is 42.7 Å².